The zero-order valence-electron chi connectivity index (χ0n) is 17.4. The van der Waals surface area contributed by atoms with Gasteiger partial charge in [0.15, 0.2) is 18.0 Å². The minimum absolute atomic E-state index is 0.0552. The molecule has 0 bridgehead atoms. The molecule has 11 heteroatoms. The van der Waals surface area contributed by atoms with Crippen molar-refractivity contribution >= 4 is 26.7 Å². The van der Waals surface area contributed by atoms with E-state index in [4.69, 9.17) is 4.42 Å². The Hall–Kier alpha value is -3.86. The van der Waals surface area contributed by atoms with Gasteiger partial charge in [0.25, 0.3) is 5.91 Å². The second-order valence-electron chi connectivity index (χ2n) is 7.23. The van der Waals surface area contributed by atoms with E-state index in [0.717, 1.165) is 11.5 Å². The van der Waals surface area contributed by atoms with Crippen LogP contribution in [0.5, 0.6) is 5.75 Å². The predicted molar refractivity (Wildman–Crippen MR) is 115 cm³/mol. The normalized spacial score (nSPS) is 12.0. The van der Waals surface area contributed by atoms with Crippen molar-refractivity contribution in [3.63, 3.8) is 0 Å². The summed E-state index contributed by atoms with van der Waals surface area (Å²) in [6, 6.07) is 13.9. The van der Waals surface area contributed by atoms with E-state index in [9.17, 15) is 26.4 Å². The van der Waals surface area contributed by atoms with Crippen molar-refractivity contribution in [2.24, 2.45) is 0 Å². The second kappa shape index (κ2) is 9.18. The van der Waals surface area contributed by atoms with Gasteiger partial charge >= 0.3 is 6.18 Å². The largest absolute Gasteiger partial charge is 0.484 e. The molecule has 0 aliphatic carbocycles. The molecular formula is C23H17F3N2O5S. The van der Waals surface area contributed by atoms with E-state index < -0.39 is 28.5 Å². The summed E-state index contributed by atoms with van der Waals surface area (Å²) in [4.78, 5) is 16.0. The first-order chi connectivity index (χ1) is 16.1. The van der Waals surface area contributed by atoms with Crippen LogP contribution in [0.2, 0.25) is 0 Å². The zero-order valence-corrected chi connectivity index (χ0v) is 18.2. The number of hydrogen-bond donors (Lipinski definition) is 1. The number of carbonyl (C=O) groups is 1. The average Bonchev–Trinajstić information content (AvgIpc) is 3.26. The van der Waals surface area contributed by atoms with Gasteiger partial charge in [-0.05, 0) is 48.0 Å². The van der Waals surface area contributed by atoms with Gasteiger partial charge in [0.1, 0.15) is 5.75 Å². The van der Waals surface area contributed by atoms with Gasteiger partial charge in [-0.15, -0.1) is 0 Å². The molecule has 4 rings (SSSR count). The molecule has 0 fully saturated rings. The molecule has 2 aromatic heterocycles. The number of amides is 1. The number of benzene rings is 2. The van der Waals surface area contributed by atoms with Gasteiger partial charge in [-0.3, -0.25) is 9.78 Å². The third-order valence-electron chi connectivity index (χ3n) is 4.75. The summed E-state index contributed by atoms with van der Waals surface area (Å²) < 4.78 is 72.9. The Balaban J connectivity index is 1.43. The lowest BCUT2D eigenvalue weighted by atomic mass is 10.2. The first kappa shape index (κ1) is 23.3. The summed E-state index contributed by atoms with van der Waals surface area (Å²) in [6.07, 6.45) is -1.45. The summed E-state index contributed by atoms with van der Waals surface area (Å²) in [5.74, 6) is -0.530. The van der Waals surface area contributed by atoms with Crippen LogP contribution in [0.25, 0.3) is 11.0 Å². The molecular weight excluding hydrogens is 473 g/mol. The lowest BCUT2D eigenvalue weighted by molar-refractivity contribution is -0.153. The maximum absolute atomic E-state index is 12.9. The highest BCUT2D eigenvalue weighted by molar-refractivity contribution is 7.91. The number of hydrogen-bond acceptors (Lipinski definition) is 6. The number of rotatable bonds is 7. The molecule has 1 N–H and O–H groups in total. The van der Waals surface area contributed by atoms with Gasteiger partial charge in [0, 0.05) is 18.1 Å². The zero-order chi connectivity index (χ0) is 24.3. The van der Waals surface area contributed by atoms with Crippen molar-refractivity contribution in [3.05, 3.63) is 84.4 Å². The number of halogens is 3. The van der Waals surface area contributed by atoms with Crippen LogP contribution in [-0.2, 0) is 16.4 Å². The molecule has 0 saturated heterocycles. The molecule has 1 amide bonds. The molecule has 0 spiro atoms. The van der Waals surface area contributed by atoms with Crippen LogP contribution in [-0.4, -0.2) is 32.1 Å². The van der Waals surface area contributed by atoms with Crippen molar-refractivity contribution in [1.82, 2.24) is 10.3 Å². The fourth-order valence-corrected chi connectivity index (χ4v) is 4.38. The molecule has 176 valence electrons. The lowest BCUT2D eigenvalue weighted by Crippen LogP contribution is -2.22. The third-order valence-corrected chi connectivity index (χ3v) is 6.52. The van der Waals surface area contributed by atoms with Crippen LogP contribution in [0.15, 0.2) is 87.3 Å². The van der Waals surface area contributed by atoms with Crippen molar-refractivity contribution in [2.75, 3.05) is 6.61 Å². The van der Waals surface area contributed by atoms with E-state index in [1.807, 2.05) is 0 Å². The highest BCUT2D eigenvalue weighted by Crippen LogP contribution is 2.26. The van der Waals surface area contributed by atoms with Gasteiger partial charge < -0.3 is 14.5 Å². The number of fused-ring (bicyclic) bond motifs is 1. The lowest BCUT2D eigenvalue weighted by Gasteiger charge is -2.11. The molecule has 4 aromatic rings. The highest BCUT2D eigenvalue weighted by atomic mass is 32.2. The number of aromatic nitrogens is 1. The molecule has 0 radical (unpaired) electrons. The molecule has 0 saturated carbocycles. The first-order valence-electron chi connectivity index (χ1n) is 9.87. The molecule has 34 heavy (non-hydrogen) atoms. The maximum Gasteiger partial charge on any atom is 0.422 e. The monoisotopic (exact) mass is 490 g/mol. The van der Waals surface area contributed by atoms with Crippen molar-refractivity contribution in [1.29, 1.82) is 0 Å². The van der Waals surface area contributed by atoms with Crippen LogP contribution in [0.3, 0.4) is 0 Å². The Bertz CT molecular complexity index is 1400. The highest BCUT2D eigenvalue weighted by Gasteiger charge is 2.28. The van der Waals surface area contributed by atoms with Gasteiger partial charge in [-0.1, -0.05) is 18.2 Å². The van der Waals surface area contributed by atoms with E-state index in [1.54, 1.807) is 18.3 Å². The number of nitrogens with one attached hydrogen (secondary N) is 1. The van der Waals surface area contributed by atoms with Crippen molar-refractivity contribution < 1.29 is 35.5 Å². The number of nitrogens with zero attached hydrogens (tertiary/aromatic N) is 1. The van der Waals surface area contributed by atoms with Gasteiger partial charge in [0.05, 0.1) is 16.0 Å². The topological polar surface area (TPSA) is 98.5 Å². The molecule has 0 aliphatic rings. The van der Waals surface area contributed by atoms with Gasteiger partial charge in [0.2, 0.25) is 9.84 Å². The van der Waals surface area contributed by atoms with E-state index in [2.05, 4.69) is 15.0 Å². The van der Waals surface area contributed by atoms with Crippen molar-refractivity contribution in [3.8, 4) is 5.75 Å². The molecule has 0 unspecified atom stereocenters. The van der Waals surface area contributed by atoms with E-state index in [1.165, 1.54) is 48.7 Å². The Morgan fingerprint density at radius 1 is 1.03 bits per heavy atom. The van der Waals surface area contributed by atoms with Gasteiger partial charge in [-0.25, -0.2) is 8.42 Å². The second-order valence-corrected chi connectivity index (χ2v) is 9.18. The number of alkyl halides is 3. The smallest absolute Gasteiger partial charge is 0.422 e. The fraction of sp³-hybridized carbons (Fsp3) is 0.130. The summed E-state index contributed by atoms with van der Waals surface area (Å²) in [7, 11) is -3.99. The third kappa shape index (κ3) is 5.37. The SMILES string of the molecule is O=C(NCc1ccc(S(=O)(=O)c2cccc(OCC(F)(F)F)c2)cc1)c1cc2ccncc2o1. The number of sulfone groups is 1. The van der Waals surface area contributed by atoms with E-state index in [0.29, 0.717) is 11.1 Å². The van der Waals surface area contributed by atoms with Crippen LogP contribution < -0.4 is 10.1 Å². The Labute approximate surface area is 192 Å². The standard InChI is InChI=1S/C23H17F3N2O5S/c24-23(25,26)14-32-17-2-1-3-19(11-17)34(30,31)18-6-4-15(5-7-18)12-28-22(29)20-10-16-8-9-27-13-21(16)33-20/h1-11,13H,12,14H2,(H,28,29). The van der Waals surface area contributed by atoms with Gasteiger partial charge in [-0.2, -0.15) is 13.2 Å². The number of pyridine rings is 1. The minimum Gasteiger partial charge on any atom is -0.484 e. The molecule has 0 atom stereocenters. The average molecular weight is 490 g/mol. The van der Waals surface area contributed by atoms with Crippen LogP contribution in [0, 0.1) is 0 Å². The fourth-order valence-electron chi connectivity index (χ4n) is 3.08. The Morgan fingerprint density at radius 3 is 2.50 bits per heavy atom. The summed E-state index contributed by atoms with van der Waals surface area (Å²) in [5, 5.41) is 3.43. The first-order valence-corrected chi connectivity index (χ1v) is 11.4. The molecule has 0 aliphatic heterocycles. The summed E-state index contributed by atoms with van der Waals surface area (Å²) in [6.45, 7) is -1.41. The van der Waals surface area contributed by atoms with Crippen LogP contribution >= 0.6 is 0 Å². The Morgan fingerprint density at radius 2 is 1.79 bits per heavy atom. The quantitative estimate of drug-likeness (QED) is 0.409. The number of ether oxygens (including phenoxy) is 1. The van der Waals surface area contributed by atoms with Crippen LogP contribution in [0.1, 0.15) is 16.1 Å². The molecule has 2 heterocycles. The van der Waals surface area contributed by atoms with E-state index in [-0.39, 0.29) is 27.8 Å². The number of furan rings is 1. The number of carbonyl (C=O) groups excluding carboxylic acids is 1. The molecule has 2 aromatic carbocycles. The molecule has 7 nitrogen and oxygen atoms in total. The van der Waals surface area contributed by atoms with E-state index >= 15 is 0 Å². The van der Waals surface area contributed by atoms with Crippen LogP contribution in [0.4, 0.5) is 13.2 Å². The summed E-state index contributed by atoms with van der Waals surface area (Å²) in [5.41, 5.74) is 1.11. The minimum atomic E-state index is -4.54. The predicted octanol–water partition coefficient (Wildman–Crippen LogP) is 4.53. The van der Waals surface area contributed by atoms with Crippen molar-refractivity contribution in [2.45, 2.75) is 22.5 Å². The Kier molecular flexibility index (Phi) is 6.29. The summed E-state index contributed by atoms with van der Waals surface area (Å²) >= 11 is 0. The maximum atomic E-state index is 12.9.